The highest BCUT2D eigenvalue weighted by Gasteiger charge is 2.45. The highest BCUT2D eigenvalue weighted by atomic mass is 16.2. The molecule has 0 spiro atoms. The second-order valence-electron chi connectivity index (χ2n) is 6.91. The van der Waals surface area contributed by atoms with Crippen molar-refractivity contribution in [2.75, 3.05) is 4.90 Å². The Morgan fingerprint density at radius 2 is 1.92 bits per heavy atom. The molecule has 3 aromatic heterocycles. The van der Waals surface area contributed by atoms with Crippen LogP contribution < -0.4 is 4.90 Å². The maximum atomic E-state index is 13.0. The van der Waals surface area contributed by atoms with E-state index in [9.17, 15) is 4.79 Å². The van der Waals surface area contributed by atoms with Gasteiger partial charge in [-0.3, -0.25) is 24.3 Å². The minimum atomic E-state index is -0.620. The molecule has 6 nitrogen and oxygen atoms in total. The maximum Gasteiger partial charge on any atom is 0.241 e. The van der Waals surface area contributed by atoms with E-state index in [0.29, 0.717) is 0 Å². The number of carbonyl (C=O) groups is 1. The summed E-state index contributed by atoms with van der Waals surface area (Å²) in [4.78, 5) is 23.6. The van der Waals surface area contributed by atoms with E-state index in [4.69, 9.17) is 0 Å². The van der Waals surface area contributed by atoms with E-state index in [-0.39, 0.29) is 5.91 Å². The lowest BCUT2D eigenvalue weighted by molar-refractivity contribution is -0.121. The fourth-order valence-corrected chi connectivity index (χ4v) is 3.26. The maximum absolute atomic E-state index is 13.0. The van der Waals surface area contributed by atoms with Crippen molar-refractivity contribution in [2.45, 2.75) is 26.2 Å². The molecule has 0 saturated carbocycles. The number of rotatable bonds is 2. The van der Waals surface area contributed by atoms with Gasteiger partial charge in [-0.15, -0.1) is 0 Å². The van der Waals surface area contributed by atoms with Gasteiger partial charge in [0.1, 0.15) is 0 Å². The van der Waals surface area contributed by atoms with Crippen LogP contribution in [0, 0.1) is 6.92 Å². The van der Waals surface area contributed by atoms with Gasteiger partial charge >= 0.3 is 0 Å². The fourth-order valence-electron chi connectivity index (χ4n) is 3.26. The largest absolute Gasteiger partial charge is 0.277 e. The summed E-state index contributed by atoms with van der Waals surface area (Å²) in [5, 5.41) is 4.21. The summed E-state index contributed by atoms with van der Waals surface area (Å²) in [5.74, 6) is 0.0281. The van der Waals surface area contributed by atoms with E-state index in [1.165, 1.54) is 0 Å². The Bertz CT molecular complexity index is 989. The summed E-state index contributed by atoms with van der Waals surface area (Å²) in [7, 11) is 1.84. The molecular formula is C19H19N5O. The SMILES string of the molecule is Cc1cc(-c2cc3c(cn2)C(C)(C)C(=O)N3c2cnn(C)c2)ccn1. The van der Waals surface area contributed by atoms with Crippen LogP contribution in [0.1, 0.15) is 25.1 Å². The van der Waals surface area contributed by atoms with Crippen molar-refractivity contribution < 1.29 is 4.79 Å². The number of nitrogens with zero attached hydrogens (tertiary/aromatic N) is 5. The molecule has 0 N–H and O–H groups in total. The Hall–Kier alpha value is -3.02. The molecule has 1 amide bonds. The standard InChI is InChI=1S/C19H19N5O/c1-12-7-13(5-6-20-12)16-8-17-15(10-21-16)19(2,3)18(25)24(17)14-9-22-23(4)11-14/h5-11H,1-4H3. The third kappa shape index (κ3) is 2.33. The van der Waals surface area contributed by atoms with Crippen LogP contribution in [0.3, 0.4) is 0 Å². The van der Waals surface area contributed by atoms with Crippen molar-refractivity contribution in [1.82, 2.24) is 19.7 Å². The molecule has 4 heterocycles. The van der Waals surface area contributed by atoms with E-state index >= 15 is 0 Å². The lowest BCUT2D eigenvalue weighted by atomic mass is 9.87. The van der Waals surface area contributed by atoms with Gasteiger partial charge in [0, 0.05) is 42.5 Å². The minimum Gasteiger partial charge on any atom is -0.277 e. The second-order valence-corrected chi connectivity index (χ2v) is 6.91. The minimum absolute atomic E-state index is 0.0281. The highest BCUT2D eigenvalue weighted by molar-refractivity contribution is 6.12. The molecule has 0 aromatic carbocycles. The predicted molar refractivity (Wildman–Crippen MR) is 95.6 cm³/mol. The Balaban J connectivity index is 1.90. The first-order chi connectivity index (χ1) is 11.9. The summed E-state index contributed by atoms with van der Waals surface area (Å²) < 4.78 is 1.70. The normalized spacial score (nSPS) is 15.5. The molecule has 0 atom stereocenters. The second kappa shape index (κ2) is 5.24. The van der Waals surface area contributed by atoms with Crippen molar-refractivity contribution in [3.8, 4) is 11.3 Å². The van der Waals surface area contributed by atoms with Gasteiger partial charge in [0.05, 0.1) is 28.7 Å². The molecule has 6 heteroatoms. The van der Waals surface area contributed by atoms with Crippen LogP contribution in [0.4, 0.5) is 11.4 Å². The van der Waals surface area contributed by atoms with Gasteiger partial charge in [-0.25, -0.2) is 0 Å². The highest BCUT2D eigenvalue weighted by Crippen LogP contribution is 2.45. The van der Waals surface area contributed by atoms with Gasteiger partial charge < -0.3 is 0 Å². The van der Waals surface area contributed by atoms with Crippen molar-refractivity contribution in [1.29, 1.82) is 0 Å². The van der Waals surface area contributed by atoms with Gasteiger partial charge in [-0.2, -0.15) is 5.10 Å². The Kier molecular flexibility index (Phi) is 3.25. The van der Waals surface area contributed by atoms with Crippen molar-refractivity contribution in [3.05, 3.63) is 54.2 Å². The number of amides is 1. The Morgan fingerprint density at radius 3 is 2.60 bits per heavy atom. The third-order valence-electron chi connectivity index (χ3n) is 4.68. The van der Waals surface area contributed by atoms with E-state index in [1.807, 2.05) is 58.4 Å². The van der Waals surface area contributed by atoms with Crippen molar-refractivity contribution in [2.24, 2.45) is 7.05 Å². The molecule has 0 unspecified atom stereocenters. The molecule has 126 valence electrons. The molecule has 0 bridgehead atoms. The van der Waals surface area contributed by atoms with Crippen LogP contribution in [0.2, 0.25) is 0 Å². The third-order valence-corrected chi connectivity index (χ3v) is 4.68. The molecule has 1 aliphatic heterocycles. The molecule has 25 heavy (non-hydrogen) atoms. The van der Waals surface area contributed by atoms with E-state index < -0.39 is 5.41 Å². The Labute approximate surface area is 146 Å². The number of hydrogen-bond donors (Lipinski definition) is 0. The van der Waals surface area contributed by atoms with Crippen molar-refractivity contribution in [3.63, 3.8) is 0 Å². The lowest BCUT2D eigenvalue weighted by Crippen LogP contribution is -2.33. The number of aromatic nitrogens is 4. The van der Waals surface area contributed by atoms with Crippen LogP contribution in [0.15, 0.2) is 43.0 Å². The first-order valence-electron chi connectivity index (χ1n) is 8.14. The number of carbonyl (C=O) groups excluding carboxylic acids is 1. The molecule has 3 aromatic rings. The Morgan fingerprint density at radius 1 is 1.12 bits per heavy atom. The smallest absolute Gasteiger partial charge is 0.241 e. The zero-order valence-corrected chi connectivity index (χ0v) is 14.7. The van der Waals surface area contributed by atoms with Crippen LogP contribution >= 0.6 is 0 Å². The molecule has 0 radical (unpaired) electrons. The predicted octanol–water partition coefficient (Wildman–Crippen LogP) is 3.14. The quantitative estimate of drug-likeness (QED) is 0.723. The summed E-state index contributed by atoms with van der Waals surface area (Å²) in [6.07, 6.45) is 7.14. The average molecular weight is 333 g/mol. The van der Waals surface area contributed by atoms with Gasteiger partial charge in [-0.05, 0) is 39.0 Å². The number of anilines is 2. The van der Waals surface area contributed by atoms with Gasteiger partial charge in [0.15, 0.2) is 0 Å². The first-order valence-corrected chi connectivity index (χ1v) is 8.14. The van der Waals surface area contributed by atoms with Crippen LogP contribution in [-0.2, 0) is 17.3 Å². The van der Waals surface area contributed by atoms with Crippen LogP contribution in [-0.4, -0.2) is 25.7 Å². The topological polar surface area (TPSA) is 63.9 Å². The van der Waals surface area contributed by atoms with E-state index in [0.717, 1.165) is 33.9 Å². The summed E-state index contributed by atoms with van der Waals surface area (Å²) in [6, 6.07) is 5.90. The average Bonchev–Trinajstić information content (AvgIpc) is 3.08. The fraction of sp³-hybridized carbons (Fsp3) is 0.263. The number of fused-ring (bicyclic) bond motifs is 1. The van der Waals surface area contributed by atoms with Gasteiger partial charge in [0.25, 0.3) is 0 Å². The number of pyridine rings is 2. The van der Waals surface area contributed by atoms with E-state index in [1.54, 1.807) is 22.0 Å². The monoisotopic (exact) mass is 333 g/mol. The van der Waals surface area contributed by atoms with Gasteiger partial charge in [-0.1, -0.05) is 0 Å². The zero-order chi connectivity index (χ0) is 17.8. The van der Waals surface area contributed by atoms with Gasteiger partial charge in [0.2, 0.25) is 5.91 Å². The molecule has 0 saturated heterocycles. The summed E-state index contributed by atoms with van der Waals surface area (Å²) >= 11 is 0. The first kappa shape index (κ1) is 15.5. The van der Waals surface area contributed by atoms with E-state index in [2.05, 4.69) is 15.1 Å². The molecule has 1 aliphatic rings. The lowest BCUT2D eigenvalue weighted by Gasteiger charge is -2.18. The van der Waals surface area contributed by atoms with Crippen LogP contribution in [0.5, 0.6) is 0 Å². The summed E-state index contributed by atoms with van der Waals surface area (Å²) in [5.41, 5.74) is 4.67. The number of aryl methyl sites for hydroxylation is 2. The number of hydrogen-bond acceptors (Lipinski definition) is 4. The molecular weight excluding hydrogens is 314 g/mol. The molecule has 4 rings (SSSR count). The molecule has 0 aliphatic carbocycles. The van der Waals surface area contributed by atoms with Crippen LogP contribution in [0.25, 0.3) is 11.3 Å². The molecule has 0 fully saturated rings. The summed E-state index contributed by atoms with van der Waals surface area (Å²) in [6.45, 7) is 5.82. The van der Waals surface area contributed by atoms with Crippen molar-refractivity contribution >= 4 is 17.3 Å². The zero-order valence-electron chi connectivity index (χ0n) is 14.7.